The molecule has 156 valence electrons. The van der Waals surface area contributed by atoms with Crippen molar-refractivity contribution in [1.82, 2.24) is 9.55 Å². The lowest BCUT2D eigenvalue weighted by Gasteiger charge is -2.12. The van der Waals surface area contributed by atoms with Crippen molar-refractivity contribution in [2.75, 3.05) is 11.1 Å². The third kappa shape index (κ3) is 3.88. The van der Waals surface area contributed by atoms with Crippen LogP contribution in [0, 0.1) is 5.82 Å². The van der Waals surface area contributed by atoms with E-state index >= 15 is 0 Å². The molecular weight excluding hydrogens is 433 g/mol. The Kier molecular flexibility index (Phi) is 5.33. The van der Waals surface area contributed by atoms with Crippen LogP contribution in [0.15, 0.2) is 64.5 Å². The first-order valence-electron chi connectivity index (χ1n) is 9.91. The number of rotatable bonds is 5. The highest BCUT2D eigenvalue weighted by atomic mass is 32.2. The number of aromatic nitrogens is 2. The Morgan fingerprint density at radius 1 is 1.13 bits per heavy atom. The van der Waals surface area contributed by atoms with E-state index in [1.165, 1.54) is 40.9 Å². The molecule has 0 fully saturated rings. The zero-order chi connectivity index (χ0) is 21.4. The minimum Gasteiger partial charge on any atom is -0.325 e. The smallest absolute Gasteiger partial charge is 0.267 e. The Labute approximate surface area is 185 Å². The Hall–Kier alpha value is -2.97. The molecule has 0 radical (unpaired) electrons. The van der Waals surface area contributed by atoms with Crippen LogP contribution in [0.2, 0.25) is 0 Å². The fraction of sp³-hybridized carbons (Fsp3) is 0.174. The van der Waals surface area contributed by atoms with E-state index in [1.807, 2.05) is 30.3 Å². The van der Waals surface area contributed by atoms with Crippen molar-refractivity contribution >= 4 is 44.9 Å². The topological polar surface area (TPSA) is 64.0 Å². The molecule has 2 aromatic heterocycles. The number of hydrogen-bond acceptors (Lipinski definition) is 5. The molecule has 1 amide bonds. The number of thioether (sulfide) groups is 1. The van der Waals surface area contributed by atoms with Gasteiger partial charge in [0, 0.05) is 10.6 Å². The van der Waals surface area contributed by atoms with Gasteiger partial charge in [-0.15, -0.1) is 11.3 Å². The van der Waals surface area contributed by atoms with Crippen molar-refractivity contribution in [3.05, 3.63) is 81.2 Å². The Bertz CT molecular complexity index is 1330. The number of fused-ring (bicyclic) bond motifs is 3. The van der Waals surface area contributed by atoms with Crippen LogP contribution in [-0.4, -0.2) is 21.2 Å². The SMILES string of the molecule is O=C(CSc1nc2sc3c(c2c(=O)n1-c1ccccc1)CCC3)Nc1ccc(F)cc1. The second-order valence-electron chi connectivity index (χ2n) is 7.25. The van der Waals surface area contributed by atoms with Gasteiger partial charge in [-0.3, -0.25) is 14.2 Å². The van der Waals surface area contributed by atoms with Gasteiger partial charge in [-0.1, -0.05) is 30.0 Å². The molecule has 0 atom stereocenters. The Morgan fingerprint density at radius 3 is 2.68 bits per heavy atom. The highest BCUT2D eigenvalue weighted by Gasteiger charge is 2.24. The second kappa shape index (κ2) is 8.28. The van der Waals surface area contributed by atoms with Gasteiger partial charge < -0.3 is 5.32 Å². The Morgan fingerprint density at radius 2 is 1.90 bits per heavy atom. The van der Waals surface area contributed by atoms with Crippen molar-refractivity contribution in [1.29, 1.82) is 0 Å². The maximum atomic E-state index is 13.5. The van der Waals surface area contributed by atoms with E-state index in [1.54, 1.807) is 15.9 Å². The van der Waals surface area contributed by atoms with Crippen LogP contribution >= 0.6 is 23.1 Å². The number of nitrogens with zero attached hydrogens (tertiary/aromatic N) is 2. The number of carbonyl (C=O) groups excluding carboxylic acids is 1. The van der Waals surface area contributed by atoms with E-state index in [0.29, 0.717) is 16.2 Å². The lowest BCUT2D eigenvalue weighted by Crippen LogP contribution is -2.23. The van der Waals surface area contributed by atoms with Gasteiger partial charge in [-0.05, 0) is 61.2 Å². The van der Waals surface area contributed by atoms with Crippen LogP contribution in [0.5, 0.6) is 0 Å². The molecule has 8 heteroatoms. The summed E-state index contributed by atoms with van der Waals surface area (Å²) in [6, 6.07) is 15.0. The number of para-hydroxylation sites is 1. The second-order valence-corrected chi connectivity index (χ2v) is 9.28. The summed E-state index contributed by atoms with van der Waals surface area (Å²) in [7, 11) is 0. The lowest BCUT2D eigenvalue weighted by molar-refractivity contribution is -0.113. The number of halogens is 1. The molecule has 31 heavy (non-hydrogen) atoms. The predicted octanol–water partition coefficient (Wildman–Crippen LogP) is 4.81. The standard InChI is InChI=1S/C23H18FN3O2S2/c24-14-9-11-15(12-10-14)25-19(28)13-30-23-26-21-20(17-7-4-8-18(17)31-21)22(29)27(23)16-5-2-1-3-6-16/h1-3,5-6,9-12H,4,7-8,13H2,(H,25,28). The summed E-state index contributed by atoms with van der Waals surface area (Å²) in [5, 5.41) is 3.94. The number of thiophene rings is 1. The largest absolute Gasteiger partial charge is 0.325 e. The summed E-state index contributed by atoms with van der Waals surface area (Å²) >= 11 is 2.80. The van der Waals surface area contributed by atoms with Gasteiger partial charge in [0.05, 0.1) is 16.8 Å². The van der Waals surface area contributed by atoms with Crippen molar-refractivity contribution in [2.45, 2.75) is 24.4 Å². The van der Waals surface area contributed by atoms with E-state index in [-0.39, 0.29) is 23.0 Å². The first-order chi connectivity index (χ1) is 15.1. The van der Waals surface area contributed by atoms with Crippen molar-refractivity contribution in [3.63, 3.8) is 0 Å². The van der Waals surface area contributed by atoms with E-state index in [0.717, 1.165) is 35.3 Å². The molecule has 0 unspecified atom stereocenters. The summed E-state index contributed by atoms with van der Waals surface area (Å²) in [6.07, 6.45) is 2.97. The molecule has 0 aliphatic heterocycles. The number of hydrogen-bond donors (Lipinski definition) is 1. The number of benzene rings is 2. The molecule has 0 saturated carbocycles. The summed E-state index contributed by atoms with van der Waals surface area (Å²) in [4.78, 5) is 32.7. The first-order valence-corrected chi connectivity index (χ1v) is 11.7. The van der Waals surface area contributed by atoms with Crippen molar-refractivity contribution in [3.8, 4) is 5.69 Å². The molecule has 4 aromatic rings. The third-order valence-electron chi connectivity index (χ3n) is 5.18. The van der Waals surface area contributed by atoms with Crippen molar-refractivity contribution < 1.29 is 9.18 Å². The van der Waals surface area contributed by atoms with Gasteiger partial charge in [0.1, 0.15) is 10.6 Å². The zero-order valence-corrected chi connectivity index (χ0v) is 18.1. The summed E-state index contributed by atoms with van der Waals surface area (Å²) < 4.78 is 14.7. The maximum absolute atomic E-state index is 13.5. The van der Waals surface area contributed by atoms with E-state index in [9.17, 15) is 14.0 Å². The van der Waals surface area contributed by atoms with Crippen LogP contribution in [0.3, 0.4) is 0 Å². The van der Waals surface area contributed by atoms with Gasteiger partial charge in [-0.25, -0.2) is 9.37 Å². The minimum atomic E-state index is -0.361. The van der Waals surface area contributed by atoms with Crippen LogP contribution < -0.4 is 10.9 Å². The monoisotopic (exact) mass is 451 g/mol. The van der Waals surface area contributed by atoms with E-state index in [4.69, 9.17) is 4.98 Å². The third-order valence-corrected chi connectivity index (χ3v) is 7.31. The molecule has 0 bridgehead atoms. The van der Waals surface area contributed by atoms with Crippen LogP contribution in [-0.2, 0) is 17.6 Å². The molecule has 0 saturated heterocycles. The highest BCUT2D eigenvalue weighted by Crippen LogP contribution is 2.36. The van der Waals surface area contributed by atoms with Gasteiger partial charge in [0.2, 0.25) is 5.91 Å². The van der Waals surface area contributed by atoms with Gasteiger partial charge in [0.25, 0.3) is 5.56 Å². The van der Waals surface area contributed by atoms with Gasteiger partial charge in [0.15, 0.2) is 5.16 Å². The quantitative estimate of drug-likeness (QED) is 0.350. The fourth-order valence-corrected chi connectivity index (χ4v) is 5.90. The van der Waals surface area contributed by atoms with Crippen molar-refractivity contribution in [2.24, 2.45) is 0 Å². The maximum Gasteiger partial charge on any atom is 0.267 e. The lowest BCUT2D eigenvalue weighted by atomic mass is 10.2. The van der Waals surface area contributed by atoms with Crippen LogP contribution in [0.25, 0.3) is 15.9 Å². The molecule has 5 rings (SSSR count). The highest BCUT2D eigenvalue weighted by molar-refractivity contribution is 7.99. The molecule has 2 heterocycles. The molecule has 1 aliphatic carbocycles. The molecular formula is C23H18FN3O2S2. The van der Waals surface area contributed by atoms with Crippen LogP contribution in [0.1, 0.15) is 16.9 Å². The first kappa shape index (κ1) is 20.0. The average Bonchev–Trinajstić information content (AvgIpc) is 3.35. The summed E-state index contributed by atoms with van der Waals surface area (Å²) in [6.45, 7) is 0. The number of aryl methyl sites for hydroxylation is 2. The molecule has 0 spiro atoms. The molecule has 5 nitrogen and oxygen atoms in total. The number of carbonyl (C=O) groups is 1. The summed E-state index contributed by atoms with van der Waals surface area (Å²) in [5.41, 5.74) is 2.29. The number of amides is 1. The zero-order valence-electron chi connectivity index (χ0n) is 16.4. The average molecular weight is 452 g/mol. The normalized spacial score (nSPS) is 12.8. The fourth-order valence-electron chi connectivity index (χ4n) is 3.79. The minimum absolute atomic E-state index is 0.0766. The number of anilines is 1. The molecule has 1 N–H and O–H groups in total. The van der Waals surface area contributed by atoms with Crippen LogP contribution in [0.4, 0.5) is 10.1 Å². The molecule has 1 aliphatic rings. The summed E-state index contributed by atoms with van der Waals surface area (Å²) in [5.74, 6) is -0.536. The van der Waals surface area contributed by atoms with Gasteiger partial charge >= 0.3 is 0 Å². The predicted molar refractivity (Wildman–Crippen MR) is 123 cm³/mol. The molecule has 2 aromatic carbocycles. The number of nitrogens with one attached hydrogen (secondary N) is 1. The van der Waals surface area contributed by atoms with E-state index in [2.05, 4.69) is 5.32 Å². The Balaban J connectivity index is 1.49. The van der Waals surface area contributed by atoms with E-state index < -0.39 is 0 Å². The van der Waals surface area contributed by atoms with Gasteiger partial charge in [-0.2, -0.15) is 0 Å².